The number of hydrogen-bond donors (Lipinski definition) is 0. The Hall–Kier alpha value is 0. The third kappa shape index (κ3) is 0.320. The van der Waals surface area contributed by atoms with E-state index in [1.54, 1.807) is 12.8 Å². The quantitative estimate of drug-likeness (QED) is 0.462. The van der Waals surface area contributed by atoms with Crippen molar-refractivity contribution in [2.24, 2.45) is 29.1 Å². The van der Waals surface area contributed by atoms with Crippen LogP contribution in [0.15, 0.2) is 0 Å². The zero-order valence-electron chi connectivity index (χ0n) is 6.22. The average molecular weight is 122 g/mol. The molecule has 0 aliphatic heterocycles. The smallest absolute Gasteiger partial charge is 0.0292 e. The SMILES string of the molecule is CC1(C)C2CC3C(C2)C31. The summed E-state index contributed by atoms with van der Waals surface area (Å²) in [6, 6.07) is 0. The highest BCUT2D eigenvalue weighted by Crippen LogP contribution is 2.78. The zero-order valence-corrected chi connectivity index (χ0v) is 6.22. The van der Waals surface area contributed by atoms with Crippen molar-refractivity contribution in [2.45, 2.75) is 26.7 Å². The molecule has 4 rings (SSSR count). The van der Waals surface area contributed by atoms with Gasteiger partial charge >= 0.3 is 0 Å². The first-order chi connectivity index (χ1) is 4.21. The standard InChI is InChI=1S/C9H14/c1-9(2)5-3-6-7(4-5)8(6)9/h5-8H,3-4H2,1-2H3. The van der Waals surface area contributed by atoms with Crippen molar-refractivity contribution in [3.8, 4) is 0 Å². The van der Waals surface area contributed by atoms with E-state index in [4.69, 9.17) is 0 Å². The summed E-state index contributed by atoms with van der Waals surface area (Å²) < 4.78 is 0. The molecule has 4 aliphatic rings. The summed E-state index contributed by atoms with van der Waals surface area (Å²) in [7, 11) is 0. The Balaban J connectivity index is 2.12. The second-order valence-electron chi connectivity index (χ2n) is 4.84. The minimum absolute atomic E-state index is 0.759. The van der Waals surface area contributed by atoms with Crippen LogP contribution in [0.3, 0.4) is 0 Å². The molecule has 0 heterocycles. The molecule has 0 aromatic rings. The Morgan fingerprint density at radius 2 is 1.67 bits per heavy atom. The molecule has 0 nitrogen and oxygen atoms in total. The summed E-state index contributed by atoms with van der Waals surface area (Å²) >= 11 is 0. The topological polar surface area (TPSA) is 0 Å². The molecule has 0 radical (unpaired) electrons. The van der Waals surface area contributed by atoms with Crippen LogP contribution in [0.1, 0.15) is 26.7 Å². The molecule has 4 saturated carbocycles. The molecular weight excluding hydrogens is 108 g/mol. The Bertz CT molecular complexity index is 153. The molecule has 9 heavy (non-hydrogen) atoms. The summed E-state index contributed by atoms with van der Waals surface area (Å²) in [6.07, 6.45) is 3.17. The van der Waals surface area contributed by atoms with Crippen molar-refractivity contribution in [2.75, 3.05) is 0 Å². The van der Waals surface area contributed by atoms with Gasteiger partial charge in [-0.25, -0.2) is 0 Å². The van der Waals surface area contributed by atoms with E-state index < -0.39 is 0 Å². The van der Waals surface area contributed by atoms with E-state index in [-0.39, 0.29) is 0 Å². The van der Waals surface area contributed by atoms with E-state index in [1.807, 2.05) is 0 Å². The monoisotopic (exact) mass is 122 g/mol. The minimum Gasteiger partial charge on any atom is -0.0594 e. The van der Waals surface area contributed by atoms with Gasteiger partial charge in [-0.15, -0.1) is 0 Å². The average Bonchev–Trinajstić information content (AvgIpc) is 2.17. The van der Waals surface area contributed by atoms with Gasteiger partial charge in [0, 0.05) is 0 Å². The summed E-state index contributed by atoms with van der Waals surface area (Å²) in [5, 5.41) is 0. The largest absolute Gasteiger partial charge is 0.0594 e. The van der Waals surface area contributed by atoms with Gasteiger partial charge in [0.25, 0.3) is 0 Å². The third-order valence-corrected chi connectivity index (χ3v) is 4.36. The Kier molecular flexibility index (Phi) is 0.518. The van der Waals surface area contributed by atoms with Gasteiger partial charge in [-0.3, -0.25) is 0 Å². The van der Waals surface area contributed by atoms with Gasteiger partial charge in [0.1, 0.15) is 0 Å². The van der Waals surface area contributed by atoms with Crippen LogP contribution in [0.2, 0.25) is 0 Å². The summed E-state index contributed by atoms with van der Waals surface area (Å²) in [5.41, 5.74) is 0.759. The van der Waals surface area contributed by atoms with Gasteiger partial charge in [-0.2, -0.15) is 0 Å². The van der Waals surface area contributed by atoms with Crippen LogP contribution in [0.5, 0.6) is 0 Å². The summed E-state index contributed by atoms with van der Waals surface area (Å²) in [4.78, 5) is 0. The second kappa shape index (κ2) is 0.980. The molecule has 4 bridgehead atoms. The Morgan fingerprint density at radius 3 is 1.78 bits per heavy atom. The van der Waals surface area contributed by atoms with E-state index in [1.165, 1.54) is 17.8 Å². The minimum atomic E-state index is 0.759. The van der Waals surface area contributed by atoms with E-state index in [2.05, 4.69) is 13.8 Å². The maximum atomic E-state index is 2.48. The molecule has 0 aromatic carbocycles. The molecule has 0 amide bonds. The first-order valence-electron chi connectivity index (χ1n) is 4.21. The number of rotatable bonds is 0. The van der Waals surface area contributed by atoms with Gasteiger partial charge in [-0.1, -0.05) is 13.8 Å². The molecule has 0 N–H and O–H groups in total. The highest BCUT2D eigenvalue weighted by molar-refractivity contribution is 5.19. The van der Waals surface area contributed by atoms with Gasteiger partial charge < -0.3 is 0 Å². The maximum Gasteiger partial charge on any atom is -0.0292 e. The van der Waals surface area contributed by atoms with Gasteiger partial charge in [-0.05, 0) is 41.9 Å². The lowest BCUT2D eigenvalue weighted by Gasteiger charge is -2.22. The number of hydrogen-bond acceptors (Lipinski definition) is 0. The van der Waals surface area contributed by atoms with Crippen molar-refractivity contribution in [1.29, 1.82) is 0 Å². The van der Waals surface area contributed by atoms with Crippen LogP contribution in [-0.4, -0.2) is 0 Å². The molecule has 50 valence electrons. The van der Waals surface area contributed by atoms with Gasteiger partial charge in [0.05, 0.1) is 0 Å². The first-order valence-corrected chi connectivity index (χ1v) is 4.21. The highest BCUT2D eigenvalue weighted by Gasteiger charge is 2.71. The van der Waals surface area contributed by atoms with Gasteiger partial charge in [0.2, 0.25) is 0 Å². The van der Waals surface area contributed by atoms with Crippen molar-refractivity contribution >= 4 is 0 Å². The van der Waals surface area contributed by atoms with E-state index in [0.29, 0.717) is 0 Å². The maximum absolute atomic E-state index is 2.48. The van der Waals surface area contributed by atoms with Crippen LogP contribution in [0, 0.1) is 29.1 Å². The van der Waals surface area contributed by atoms with E-state index in [0.717, 1.165) is 11.3 Å². The van der Waals surface area contributed by atoms with Gasteiger partial charge in [0.15, 0.2) is 0 Å². The molecular formula is C9H14. The lowest BCUT2D eigenvalue weighted by atomic mass is 9.83. The zero-order chi connectivity index (χ0) is 6.22. The fraction of sp³-hybridized carbons (Fsp3) is 1.00. The van der Waals surface area contributed by atoms with Crippen molar-refractivity contribution in [3.05, 3.63) is 0 Å². The van der Waals surface area contributed by atoms with E-state index >= 15 is 0 Å². The molecule has 4 fully saturated rings. The van der Waals surface area contributed by atoms with Crippen molar-refractivity contribution in [1.82, 2.24) is 0 Å². The first kappa shape index (κ1) is 4.76. The summed E-state index contributed by atoms with van der Waals surface area (Å²) in [6.45, 7) is 4.96. The van der Waals surface area contributed by atoms with Crippen molar-refractivity contribution in [3.63, 3.8) is 0 Å². The molecule has 0 saturated heterocycles. The highest BCUT2D eigenvalue weighted by atomic mass is 14.8. The normalized spacial score (nSPS) is 64.7. The van der Waals surface area contributed by atoms with Crippen LogP contribution >= 0.6 is 0 Å². The lowest BCUT2D eigenvalue weighted by molar-refractivity contribution is 0.271. The van der Waals surface area contributed by atoms with Crippen molar-refractivity contribution < 1.29 is 0 Å². The van der Waals surface area contributed by atoms with Crippen LogP contribution in [-0.2, 0) is 0 Å². The second-order valence-corrected chi connectivity index (χ2v) is 4.84. The predicted molar refractivity (Wildman–Crippen MR) is 37.0 cm³/mol. The third-order valence-electron chi connectivity index (χ3n) is 4.36. The van der Waals surface area contributed by atoms with Crippen LogP contribution in [0.4, 0.5) is 0 Å². The molecule has 2 atom stereocenters. The summed E-state index contributed by atoms with van der Waals surface area (Å²) in [5.74, 6) is 4.69. The fourth-order valence-electron chi connectivity index (χ4n) is 3.82. The molecule has 0 aromatic heterocycles. The molecule has 2 unspecified atom stereocenters. The van der Waals surface area contributed by atoms with E-state index in [9.17, 15) is 0 Å². The predicted octanol–water partition coefficient (Wildman–Crippen LogP) is 2.30. The Labute approximate surface area is 56.6 Å². The lowest BCUT2D eigenvalue weighted by Crippen LogP contribution is -2.14. The molecule has 4 aliphatic carbocycles. The van der Waals surface area contributed by atoms with Crippen LogP contribution in [0.25, 0.3) is 0 Å². The molecule has 0 spiro atoms. The molecule has 0 heteroatoms. The fourth-order valence-corrected chi connectivity index (χ4v) is 3.82. The Morgan fingerprint density at radius 1 is 1.11 bits per heavy atom. The van der Waals surface area contributed by atoms with Crippen LogP contribution < -0.4 is 0 Å².